The van der Waals surface area contributed by atoms with E-state index in [1.807, 2.05) is 0 Å². The molecule has 0 aromatic carbocycles. The molecule has 0 unspecified atom stereocenters. The minimum atomic E-state index is -0.683. The Bertz CT molecular complexity index is 245. The summed E-state index contributed by atoms with van der Waals surface area (Å²) in [6.07, 6.45) is 9.02. The zero-order valence-corrected chi connectivity index (χ0v) is 12.0. The topological polar surface area (TPSA) is 49.3 Å². The number of aliphatic carboxylic acids is 1. The van der Waals surface area contributed by atoms with Gasteiger partial charge >= 0.3 is 5.97 Å². The van der Waals surface area contributed by atoms with Crippen LogP contribution in [-0.4, -0.2) is 24.2 Å². The lowest BCUT2D eigenvalue weighted by atomic mass is 9.71. The first kappa shape index (κ1) is 15.5. The number of rotatable bonds is 8. The molecule has 0 saturated heterocycles. The zero-order chi connectivity index (χ0) is 13.4. The average molecular weight is 255 g/mol. The maximum Gasteiger partial charge on any atom is 0.303 e. The van der Waals surface area contributed by atoms with Crippen LogP contribution in [0.5, 0.6) is 0 Å². The summed E-state index contributed by atoms with van der Waals surface area (Å²) in [6.45, 7) is 6.74. The second-order valence-corrected chi connectivity index (χ2v) is 6.35. The van der Waals surface area contributed by atoms with Gasteiger partial charge in [-0.25, -0.2) is 0 Å². The molecule has 1 aliphatic rings. The fourth-order valence-electron chi connectivity index (χ4n) is 2.97. The van der Waals surface area contributed by atoms with Gasteiger partial charge in [0.1, 0.15) is 0 Å². The predicted octanol–water partition coefficient (Wildman–Crippen LogP) is 3.44. The van der Waals surface area contributed by atoms with Crippen molar-refractivity contribution in [3.8, 4) is 0 Å². The van der Waals surface area contributed by atoms with Gasteiger partial charge in [-0.05, 0) is 43.6 Å². The summed E-state index contributed by atoms with van der Waals surface area (Å²) in [4.78, 5) is 10.4. The van der Waals surface area contributed by atoms with Crippen LogP contribution in [0, 0.1) is 11.3 Å². The van der Waals surface area contributed by atoms with Gasteiger partial charge in [-0.15, -0.1) is 0 Å². The van der Waals surface area contributed by atoms with Crippen LogP contribution in [0.2, 0.25) is 0 Å². The van der Waals surface area contributed by atoms with E-state index in [9.17, 15) is 4.79 Å². The Hall–Kier alpha value is -0.570. The molecule has 0 atom stereocenters. The molecule has 0 heterocycles. The lowest BCUT2D eigenvalue weighted by Crippen LogP contribution is -2.37. The van der Waals surface area contributed by atoms with Crippen molar-refractivity contribution in [1.29, 1.82) is 0 Å². The standard InChI is InChI=1S/C15H29NO2/c1-15(2,13-8-4-3-5-9-13)12-16-11-7-6-10-14(17)18/h13,16H,3-12H2,1-2H3,(H,17,18). The molecule has 1 aliphatic carbocycles. The minimum absolute atomic E-state index is 0.299. The van der Waals surface area contributed by atoms with Crippen molar-refractivity contribution in [3.63, 3.8) is 0 Å². The molecule has 106 valence electrons. The Morgan fingerprint density at radius 2 is 1.89 bits per heavy atom. The molecule has 0 spiro atoms. The predicted molar refractivity (Wildman–Crippen MR) is 74.7 cm³/mol. The quantitative estimate of drug-likeness (QED) is 0.653. The molecule has 0 bridgehead atoms. The van der Waals surface area contributed by atoms with Gasteiger partial charge in [0.15, 0.2) is 0 Å². The number of carbonyl (C=O) groups is 1. The van der Waals surface area contributed by atoms with Crippen LogP contribution >= 0.6 is 0 Å². The summed E-state index contributed by atoms with van der Waals surface area (Å²) in [5.41, 5.74) is 0.382. The van der Waals surface area contributed by atoms with Crippen LogP contribution in [0.1, 0.15) is 65.2 Å². The molecular formula is C15H29NO2. The highest BCUT2D eigenvalue weighted by Gasteiger charge is 2.29. The number of hydrogen-bond donors (Lipinski definition) is 2. The molecule has 1 saturated carbocycles. The van der Waals surface area contributed by atoms with E-state index in [2.05, 4.69) is 19.2 Å². The first-order chi connectivity index (χ1) is 8.52. The normalized spacial score (nSPS) is 17.9. The number of nitrogens with one attached hydrogen (secondary N) is 1. The van der Waals surface area contributed by atoms with Crippen molar-refractivity contribution in [2.24, 2.45) is 11.3 Å². The Balaban J connectivity index is 2.10. The fourth-order valence-corrected chi connectivity index (χ4v) is 2.97. The molecule has 0 aromatic rings. The molecule has 3 nitrogen and oxygen atoms in total. The highest BCUT2D eigenvalue weighted by molar-refractivity contribution is 5.66. The lowest BCUT2D eigenvalue weighted by molar-refractivity contribution is -0.137. The molecule has 3 heteroatoms. The Morgan fingerprint density at radius 1 is 1.22 bits per heavy atom. The summed E-state index contributed by atoms with van der Waals surface area (Å²) >= 11 is 0. The van der Waals surface area contributed by atoms with Crippen LogP contribution in [0.25, 0.3) is 0 Å². The van der Waals surface area contributed by atoms with Crippen LogP contribution in [0.4, 0.5) is 0 Å². The average Bonchev–Trinajstić information content (AvgIpc) is 2.34. The van der Waals surface area contributed by atoms with Crippen LogP contribution < -0.4 is 5.32 Å². The molecule has 1 rings (SSSR count). The summed E-state index contributed by atoms with van der Waals surface area (Å²) in [5, 5.41) is 12.1. The number of carboxylic acid groups (broad SMARTS) is 1. The maximum absolute atomic E-state index is 10.4. The highest BCUT2D eigenvalue weighted by atomic mass is 16.4. The number of hydrogen-bond acceptors (Lipinski definition) is 2. The molecular weight excluding hydrogens is 226 g/mol. The van der Waals surface area contributed by atoms with Crippen molar-refractivity contribution in [2.45, 2.75) is 65.2 Å². The van der Waals surface area contributed by atoms with Gasteiger partial charge in [0.25, 0.3) is 0 Å². The summed E-state index contributed by atoms with van der Waals surface area (Å²) in [6, 6.07) is 0. The van der Waals surface area contributed by atoms with E-state index >= 15 is 0 Å². The Kier molecular flexibility index (Phi) is 6.69. The fraction of sp³-hybridized carbons (Fsp3) is 0.933. The van der Waals surface area contributed by atoms with Crippen molar-refractivity contribution < 1.29 is 9.90 Å². The minimum Gasteiger partial charge on any atom is -0.481 e. The number of carboxylic acids is 1. The van der Waals surface area contributed by atoms with Crippen LogP contribution in [-0.2, 0) is 4.79 Å². The molecule has 1 fully saturated rings. The third-order valence-electron chi connectivity index (χ3n) is 4.29. The van der Waals surface area contributed by atoms with Crippen molar-refractivity contribution in [2.75, 3.05) is 13.1 Å². The van der Waals surface area contributed by atoms with Crippen LogP contribution in [0.15, 0.2) is 0 Å². The number of unbranched alkanes of at least 4 members (excludes halogenated alkanes) is 1. The first-order valence-electron chi connectivity index (χ1n) is 7.45. The second kappa shape index (κ2) is 7.78. The van der Waals surface area contributed by atoms with Gasteiger partial charge in [0.05, 0.1) is 0 Å². The van der Waals surface area contributed by atoms with Gasteiger partial charge in [-0.2, -0.15) is 0 Å². The summed E-state index contributed by atoms with van der Waals surface area (Å²) in [5.74, 6) is 0.176. The molecule has 2 N–H and O–H groups in total. The van der Waals surface area contributed by atoms with E-state index < -0.39 is 5.97 Å². The zero-order valence-electron chi connectivity index (χ0n) is 12.0. The van der Waals surface area contributed by atoms with Crippen molar-refractivity contribution in [3.05, 3.63) is 0 Å². The van der Waals surface area contributed by atoms with E-state index in [-0.39, 0.29) is 0 Å². The Morgan fingerprint density at radius 3 is 2.50 bits per heavy atom. The van der Waals surface area contributed by atoms with Gasteiger partial charge < -0.3 is 10.4 Å². The maximum atomic E-state index is 10.4. The van der Waals surface area contributed by atoms with E-state index in [1.165, 1.54) is 32.1 Å². The molecule has 0 aliphatic heterocycles. The summed E-state index contributed by atoms with van der Waals surface area (Å²) in [7, 11) is 0. The molecule has 0 aromatic heterocycles. The van der Waals surface area contributed by atoms with Gasteiger partial charge in [0, 0.05) is 13.0 Å². The van der Waals surface area contributed by atoms with E-state index in [0.29, 0.717) is 11.8 Å². The third kappa shape index (κ3) is 5.85. The SMILES string of the molecule is CC(C)(CNCCCCC(=O)O)C1CCCCC1. The van der Waals surface area contributed by atoms with Gasteiger partial charge in [-0.3, -0.25) is 4.79 Å². The van der Waals surface area contributed by atoms with E-state index in [4.69, 9.17) is 5.11 Å². The molecule has 0 amide bonds. The second-order valence-electron chi connectivity index (χ2n) is 6.35. The highest BCUT2D eigenvalue weighted by Crippen LogP contribution is 2.37. The first-order valence-corrected chi connectivity index (χ1v) is 7.45. The van der Waals surface area contributed by atoms with Crippen LogP contribution in [0.3, 0.4) is 0 Å². The smallest absolute Gasteiger partial charge is 0.303 e. The van der Waals surface area contributed by atoms with Gasteiger partial charge in [-0.1, -0.05) is 33.1 Å². The van der Waals surface area contributed by atoms with Crippen molar-refractivity contribution in [1.82, 2.24) is 5.32 Å². The third-order valence-corrected chi connectivity index (χ3v) is 4.29. The Labute approximate surface area is 111 Å². The lowest BCUT2D eigenvalue weighted by Gasteiger charge is -2.37. The largest absolute Gasteiger partial charge is 0.481 e. The van der Waals surface area contributed by atoms with E-state index in [1.54, 1.807) is 0 Å². The van der Waals surface area contributed by atoms with Crippen molar-refractivity contribution >= 4 is 5.97 Å². The monoisotopic (exact) mass is 255 g/mol. The molecule has 0 radical (unpaired) electrons. The van der Waals surface area contributed by atoms with E-state index in [0.717, 1.165) is 31.8 Å². The molecule has 18 heavy (non-hydrogen) atoms. The summed E-state index contributed by atoms with van der Waals surface area (Å²) < 4.78 is 0. The van der Waals surface area contributed by atoms with Gasteiger partial charge in [0.2, 0.25) is 0 Å².